The number of anilines is 1. The average Bonchev–Trinajstić information content (AvgIpc) is 2.45. The molecule has 1 aromatic rings. The van der Waals surface area contributed by atoms with Crippen LogP contribution in [0.5, 0.6) is 5.88 Å². The number of piperidine rings is 1. The largest absolute Gasteiger partial charge is 0.476 e. The summed E-state index contributed by atoms with van der Waals surface area (Å²) in [4.78, 5) is 18.2. The lowest BCUT2D eigenvalue weighted by Gasteiger charge is -2.22. The third-order valence-corrected chi connectivity index (χ3v) is 3.12. The molecule has 0 aromatic carbocycles. The van der Waals surface area contributed by atoms with Crippen molar-refractivity contribution >= 4 is 11.5 Å². The molecular formula is C11H17N5O3. The van der Waals surface area contributed by atoms with E-state index in [1.807, 2.05) is 0 Å². The molecule has 0 radical (unpaired) electrons. The fourth-order valence-corrected chi connectivity index (χ4v) is 2.15. The van der Waals surface area contributed by atoms with Crippen molar-refractivity contribution in [2.75, 3.05) is 32.1 Å². The van der Waals surface area contributed by atoms with E-state index in [9.17, 15) is 10.1 Å². The normalized spacial score (nSPS) is 18.9. The smallest absolute Gasteiger partial charge is 0.372 e. The van der Waals surface area contributed by atoms with Crippen LogP contribution in [0.1, 0.15) is 12.8 Å². The van der Waals surface area contributed by atoms with E-state index < -0.39 is 4.92 Å². The minimum atomic E-state index is -0.527. The van der Waals surface area contributed by atoms with Crippen molar-refractivity contribution < 1.29 is 9.66 Å². The van der Waals surface area contributed by atoms with Crippen LogP contribution in [0.15, 0.2) is 6.33 Å². The van der Waals surface area contributed by atoms with Crippen LogP contribution in [0.3, 0.4) is 0 Å². The fraction of sp³-hybridized carbons (Fsp3) is 0.636. The van der Waals surface area contributed by atoms with Crippen molar-refractivity contribution in [3.63, 3.8) is 0 Å². The molecule has 1 aliphatic heterocycles. The zero-order chi connectivity index (χ0) is 13.7. The summed E-state index contributed by atoms with van der Waals surface area (Å²) in [7, 11) is 1.35. The van der Waals surface area contributed by atoms with E-state index >= 15 is 0 Å². The molecule has 1 unspecified atom stereocenters. The van der Waals surface area contributed by atoms with Gasteiger partial charge in [-0.05, 0) is 31.8 Å². The lowest BCUT2D eigenvalue weighted by atomic mass is 10.00. The molecule has 2 N–H and O–H groups in total. The Morgan fingerprint density at radius 2 is 2.47 bits per heavy atom. The maximum atomic E-state index is 11.0. The van der Waals surface area contributed by atoms with Crippen molar-refractivity contribution in [2.24, 2.45) is 5.92 Å². The minimum Gasteiger partial charge on any atom is -0.476 e. The zero-order valence-electron chi connectivity index (χ0n) is 10.8. The minimum absolute atomic E-state index is 0.0238. The van der Waals surface area contributed by atoms with Gasteiger partial charge in [-0.15, -0.1) is 0 Å². The highest BCUT2D eigenvalue weighted by molar-refractivity contribution is 5.61. The average molecular weight is 267 g/mol. The highest BCUT2D eigenvalue weighted by Gasteiger charge is 2.24. The van der Waals surface area contributed by atoms with Gasteiger partial charge in [-0.2, -0.15) is 4.98 Å². The van der Waals surface area contributed by atoms with E-state index in [1.165, 1.54) is 13.4 Å². The zero-order valence-corrected chi connectivity index (χ0v) is 10.8. The van der Waals surface area contributed by atoms with Gasteiger partial charge in [0.25, 0.3) is 5.88 Å². The van der Waals surface area contributed by atoms with E-state index in [0.29, 0.717) is 12.5 Å². The van der Waals surface area contributed by atoms with Crippen molar-refractivity contribution in [1.82, 2.24) is 15.3 Å². The van der Waals surface area contributed by atoms with Gasteiger partial charge in [-0.25, -0.2) is 4.98 Å². The van der Waals surface area contributed by atoms with E-state index in [0.717, 1.165) is 25.9 Å². The van der Waals surface area contributed by atoms with Gasteiger partial charge in [0, 0.05) is 6.54 Å². The van der Waals surface area contributed by atoms with E-state index in [4.69, 9.17) is 4.74 Å². The summed E-state index contributed by atoms with van der Waals surface area (Å²) >= 11 is 0. The quantitative estimate of drug-likeness (QED) is 0.601. The SMILES string of the molecule is COc1ncnc(NCC2CCCNC2)c1[N+](=O)[O-]. The highest BCUT2D eigenvalue weighted by atomic mass is 16.6. The van der Waals surface area contributed by atoms with Crippen LogP contribution in [0.25, 0.3) is 0 Å². The third-order valence-electron chi connectivity index (χ3n) is 3.12. The van der Waals surface area contributed by atoms with Crippen LogP contribution < -0.4 is 15.4 Å². The summed E-state index contributed by atoms with van der Waals surface area (Å²) in [6, 6.07) is 0. The molecule has 104 valence electrons. The van der Waals surface area contributed by atoms with Gasteiger partial charge in [0.15, 0.2) is 0 Å². The number of nitro groups is 1. The molecule has 1 aromatic heterocycles. The number of nitrogens with one attached hydrogen (secondary N) is 2. The van der Waals surface area contributed by atoms with Gasteiger partial charge >= 0.3 is 5.69 Å². The molecule has 2 heterocycles. The maximum absolute atomic E-state index is 11.0. The number of hydrogen-bond acceptors (Lipinski definition) is 7. The molecule has 19 heavy (non-hydrogen) atoms. The van der Waals surface area contributed by atoms with Crippen LogP contribution >= 0.6 is 0 Å². The topological polar surface area (TPSA) is 102 Å². The Hall–Kier alpha value is -1.96. The van der Waals surface area contributed by atoms with Gasteiger partial charge in [0.2, 0.25) is 5.82 Å². The predicted octanol–water partition coefficient (Wildman–Crippen LogP) is 0.805. The lowest BCUT2D eigenvalue weighted by Crippen LogP contribution is -2.33. The van der Waals surface area contributed by atoms with Crippen LogP contribution in [0.4, 0.5) is 11.5 Å². The summed E-state index contributed by atoms with van der Waals surface area (Å²) in [5, 5.41) is 17.4. The molecule has 0 bridgehead atoms. The molecule has 8 nitrogen and oxygen atoms in total. The van der Waals surface area contributed by atoms with E-state index in [2.05, 4.69) is 20.6 Å². The van der Waals surface area contributed by atoms with E-state index in [1.54, 1.807) is 0 Å². The molecule has 1 atom stereocenters. The van der Waals surface area contributed by atoms with Gasteiger partial charge in [-0.1, -0.05) is 0 Å². The van der Waals surface area contributed by atoms with Crippen LogP contribution in [0, 0.1) is 16.0 Å². The number of methoxy groups -OCH3 is 1. The van der Waals surface area contributed by atoms with Crippen molar-refractivity contribution in [1.29, 1.82) is 0 Å². The monoisotopic (exact) mass is 267 g/mol. The summed E-state index contributed by atoms with van der Waals surface area (Å²) in [5.41, 5.74) is -0.214. The van der Waals surface area contributed by atoms with Gasteiger partial charge in [0.1, 0.15) is 6.33 Å². The Labute approximate surface area is 110 Å². The Kier molecular flexibility index (Phi) is 4.45. The predicted molar refractivity (Wildman–Crippen MR) is 69.3 cm³/mol. The number of nitrogens with zero attached hydrogens (tertiary/aromatic N) is 3. The Bertz CT molecular complexity index is 448. The van der Waals surface area contributed by atoms with Crippen LogP contribution in [-0.4, -0.2) is 41.6 Å². The van der Waals surface area contributed by atoms with Crippen LogP contribution in [0.2, 0.25) is 0 Å². The van der Waals surface area contributed by atoms with Gasteiger partial charge < -0.3 is 15.4 Å². The van der Waals surface area contributed by atoms with Crippen molar-refractivity contribution in [2.45, 2.75) is 12.8 Å². The highest BCUT2D eigenvalue weighted by Crippen LogP contribution is 2.30. The van der Waals surface area contributed by atoms with Crippen LogP contribution in [-0.2, 0) is 0 Å². The number of aromatic nitrogens is 2. The molecule has 1 saturated heterocycles. The van der Waals surface area contributed by atoms with Crippen molar-refractivity contribution in [3.05, 3.63) is 16.4 Å². The second-order valence-corrected chi connectivity index (χ2v) is 4.43. The Morgan fingerprint density at radius 1 is 1.63 bits per heavy atom. The molecule has 0 spiro atoms. The molecule has 1 fully saturated rings. The Balaban J connectivity index is 2.08. The van der Waals surface area contributed by atoms with Gasteiger partial charge in [-0.3, -0.25) is 10.1 Å². The first-order valence-corrected chi connectivity index (χ1v) is 6.20. The summed E-state index contributed by atoms with van der Waals surface area (Å²) < 4.78 is 4.89. The standard InChI is InChI=1S/C11H17N5O3/c1-19-11-9(16(17)18)10(14-7-15-11)13-6-8-3-2-4-12-5-8/h7-8,12H,2-6H2,1H3,(H,13,14,15). The number of hydrogen-bond donors (Lipinski definition) is 2. The summed E-state index contributed by atoms with van der Waals surface area (Å²) in [6.45, 7) is 2.61. The third kappa shape index (κ3) is 3.28. The fourth-order valence-electron chi connectivity index (χ4n) is 2.15. The maximum Gasteiger partial charge on any atom is 0.372 e. The number of rotatable bonds is 5. The Morgan fingerprint density at radius 3 is 3.11 bits per heavy atom. The molecular weight excluding hydrogens is 250 g/mol. The summed E-state index contributed by atoms with van der Waals surface area (Å²) in [5.74, 6) is 0.640. The molecule has 1 aliphatic rings. The first-order chi connectivity index (χ1) is 9.22. The summed E-state index contributed by atoms with van der Waals surface area (Å²) in [6.07, 6.45) is 3.49. The first-order valence-electron chi connectivity index (χ1n) is 6.20. The second-order valence-electron chi connectivity index (χ2n) is 4.43. The second kappa shape index (κ2) is 6.28. The molecule has 0 aliphatic carbocycles. The van der Waals surface area contributed by atoms with Gasteiger partial charge in [0.05, 0.1) is 12.0 Å². The molecule has 0 saturated carbocycles. The molecule has 8 heteroatoms. The van der Waals surface area contributed by atoms with Crippen molar-refractivity contribution in [3.8, 4) is 5.88 Å². The molecule has 2 rings (SSSR count). The first kappa shape index (κ1) is 13.5. The van der Waals surface area contributed by atoms with E-state index in [-0.39, 0.29) is 17.4 Å². The number of ether oxygens (including phenoxy) is 1. The lowest BCUT2D eigenvalue weighted by molar-refractivity contribution is -0.385. The molecule has 0 amide bonds.